The number of aliphatic carboxylic acids is 1. The molecule has 2 N–H and O–H groups in total. The SMILES string of the molecule is CCCC[C@H](Nc1ccc(C(F)(F)F)nn1)C(=O)O. The third-order valence-electron chi connectivity index (χ3n) is 2.42. The van der Waals surface area contributed by atoms with E-state index in [0.29, 0.717) is 12.8 Å². The molecule has 0 saturated carbocycles. The van der Waals surface area contributed by atoms with Crippen LogP contribution in [0.1, 0.15) is 31.9 Å². The van der Waals surface area contributed by atoms with Crippen LogP contribution < -0.4 is 5.32 Å². The van der Waals surface area contributed by atoms with E-state index in [4.69, 9.17) is 5.11 Å². The van der Waals surface area contributed by atoms with E-state index in [1.54, 1.807) is 0 Å². The third-order valence-corrected chi connectivity index (χ3v) is 2.42. The molecule has 0 amide bonds. The maximum Gasteiger partial charge on any atom is 0.435 e. The molecule has 0 aliphatic carbocycles. The molecule has 106 valence electrons. The highest BCUT2D eigenvalue weighted by Crippen LogP contribution is 2.27. The van der Waals surface area contributed by atoms with Crippen LogP contribution in [0.3, 0.4) is 0 Å². The van der Waals surface area contributed by atoms with Crippen LogP contribution in [0, 0.1) is 0 Å². The summed E-state index contributed by atoms with van der Waals surface area (Å²) in [7, 11) is 0. The molecule has 1 atom stereocenters. The van der Waals surface area contributed by atoms with Gasteiger partial charge in [-0.05, 0) is 18.6 Å². The van der Waals surface area contributed by atoms with Crippen LogP contribution in [-0.4, -0.2) is 27.3 Å². The first-order valence-electron chi connectivity index (χ1n) is 5.75. The average Bonchev–Trinajstić information content (AvgIpc) is 2.33. The van der Waals surface area contributed by atoms with E-state index in [2.05, 4.69) is 15.5 Å². The van der Waals surface area contributed by atoms with Gasteiger partial charge in [-0.3, -0.25) is 0 Å². The monoisotopic (exact) mass is 277 g/mol. The molecule has 1 aromatic rings. The van der Waals surface area contributed by atoms with Crippen LogP contribution in [0.25, 0.3) is 0 Å². The Morgan fingerprint density at radius 3 is 2.53 bits per heavy atom. The van der Waals surface area contributed by atoms with Gasteiger partial charge >= 0.3 is 12.1 Å². The topological polar surface area (TPSA) is 75.1 Å². The van der Waals surface area contributed by atoms with Crippen molar-refractivity contribution in [1.29, 1.82) is 0 Å². The molecular formula is C11H14F3N3O2. The minimum absolute atomic E-state index is 0.0107. The zero-order valence-electron chi connectivity index (χ0n) is 10.2. The number of carboxylic acid groups (broad SMARTS) is 1. The molecule has 0 aliphatic rings. The molecule has 0 fully saturated rings. The number of carbonyl (C=O) groups is 1. The summed E-state index contributed by atoms with van der Waals surface area (Å²) in [5.74, 6) is -1.06. The second-order valence-corrected chi connectivity index (χ2v) is 3.98. The highest BCUT2D eigenvalue weighted by Gasteiger charge is 2.33. The summed E-state index contributed by atoms with van der Waals surface area (Å²) in [6, 6.07) is 0.942. The number of carboxylic acids is 1. The van der Waals surface area contributed by atoms with Crippen LogP contribution in [0.15, 0.2) is 12.1 Å². The number of anilines is 1. The molecule has 1 aromatic heterocycles. The Morgan fingerprint density at radius 1 is 1.42 bits per heavy atom. The molecule has 1 rings (SSSR count). The lowest BCUT2D eigenvalue weighted by atomic mass is 10.1. The lowest BCUT2D eigenvalue weighted by molar-refractivity contribution is -0.142. The predicted octanol–water partition coefficient (Wildman–Crippen LogP) is 2.55. The quantitative estimate of drug-likeness (QED) is 0.835. The Hall–Kier alpha value is -1.86. The van der Waals surface area contributed by atoms with Crippen molar-refractivity contribution in [3.05, 3.63) is 17.8 Å². The van der Waals surface area contributed by atoms with Crippen molar-refractivity contribution in [2.24, 2.45) is 0 Å². The first-order valence-corrected chi connectivity index (χ1v) is 5.75. The smallest absolute Gasteiger partial charge is 0.435 e. The number of aromatic nitrogens is 2. The average molecular weight is 277 g/mol. The van der Waals surface area contributed by atoms with E-state index in [1.807, 2.05) is 6.92 Å². The highest BCUT2D eigenvalue weighted by atomic mass is 19.4. The fourth-order valence-electron chi connectivity index (χ4n) is 1.40. The summed E-state index contributed by atoms with van der Waals surface area (Å²) in [5, 5.41) is 17.8. The van der Waals surface area contributed by atoms with Gasteiger partial charge in [0.15, 0.2) is 5.69 Å². The molecule has 0 saturated heterocycles. The molecule has 0 bridgehead atoms. The molecule has 8 heteroatoms. The van der Waals surface area contributed by atoms with E-state index < -0.39 is 23.9 Å². The molecule has 0 aliphatic heterocycles. The molecule has 1 heterocycles. The van der Waals surface area contributed by atoms with Crippen molar-refractivity contribution in [2.75, 3.05) is 5.32 Å². The van der Waals surface area contributed by atoms with Crippen molar-refractivity contribution in [3.8, 4) is 0 Å². The number of halogens is 3. The van der Waals surface area contributed by atoms with Crippen molar-refractivity contribution < 1.29 is 23.1 Å². The Labute approximate surface area is 107 Å². The normalized spacial score (nSPS) is 13.1. The number of nitrogens with zero attached hydrogens (tertiary/aromatic N) is 2. The minimum atomic E-state index is -4.56. The summed E-state index contributed by atoms with van der Waals surface area (Å²) < 4.78 is 36.8. The first kappa shape index (κ1) is 15.2. The van der Waals surface area contributed by atoms with Crippen molar-refractivity contribution in [2.45, 2.75) is 38.4 Å². The van der Waals surface area contributed by atoms with Crippen LogP contribution in [-0.2, 0) is 11.0 Å². The van der Waals surface area contributed by atoms with Crippen LogP contribution in [0.5, 0.6) is 0 Å². The Morgan fingerprint density at radius 2 is 2.11 bits per heavy atom. The second kappa shape index (κ2) is 6.35. The largest absolute Gasteiger partial charge is 0.480 e. The number of alkyl halides is 3. The van der Waals surface area contributed by atoms with E-state index >= 15 is 0 Å². The number of rotatable bonds is 6. The fourth-order valence-corrected chi connectivity index (χ4v) is 1.40. The van der Waals surface area contributed by atoms with Crippen molar-refractivity contribution >= 4 is 11.8 Å². The fraction of sp³-hybridized carbons (Fsp3) is 0.545. The van der Waals surface area contributed by atoms with Gasteiger partial charge in [0.1, 0.15) is 11.9 Å². The molecule has 5 nitrogen and oxygen atoms in total. The molecule has 0 spiro atoms. The van der Waals surface area contributed by atoms with Crippen molar-refractivity contribution in [3.63, 3.8) is 0 Å². The lowest BCUT2D eigenvalue weighted by Crippen LogP contribution is -2.29. The maximum absolute atomic E-state index is 12.3. The highest BCUT2D eigenvalue weighted by molar-refractivity contribution is 5.76. The standard InChI is InChI=1S/C11H14F3N3O2/c1-2-3-4-7(10(18)19)15-9-6-5-8(16-17-9)11(12,13)14/h5-7H,2-4H2,1H3,(H,15,17)(H,18,19)/t7-/m0/s1. The Kier molecular flexibility index (Phi) is 5.08. The van der Waals surface area contributed by atoms with E-state index in [0.717, 1.165) is 18.6 Å². The van der Waals surface area contributed by atoms with Gasteiger partial charge in [-0.25, -0.2) is 4.79 Å². The molecule has 19 heavy (non-hydrogen) atoms. The van der Waals surface area contributed by atoms with Gasteiger partial charge in [-0.2, -0.15) is 13.2 Å². The molecule has 0 aromatic carbocycles. The van der Waals surface area contributed by atoms with Crippen molar-refractivity contribution in [1.82, 2.24) is 10.2 Å². The maximum atomic E-state index is 12.3. The summed E-state index contributed by atoms with van der Waals surface area (Å²) in [5.41, 5.74) is -1.11. The Bertz CT molecular complexity index is 420. The molecule has 0 unspecified atom stereocenters. The van der Waals surface area contributed by atoms with Gasteiger partial charge in [-0.15, -0.1) is 10.2 Å². The number of unbranched alkanes of at least 4 members (excludes halogenated alkanes) is 1. The minimum Gasteiger partial charge on any atom is -0.480 e. The van der Waals surface area contributed by atoms with E-state index in [-0.39, 0.29) is 5.82 Å². The molecular weight excluding hydrogens is 263 g/mol. The van der Waals surface area contributed by atoms with Crippen LogP contribution in [0.4, 0.5) is 19.0 Å². The zero-order chi connectivity index (χ0) is 14.5. The van der Waals surface area contributed by atoms with Gasteiger partial charge in [-0.1, -0.05) is 19.8 Å². The summed E-state index contributed by atoms with van der Waals surface area (Å²) in [6.07, 6.45) is -2.67. The zero-order valence-corrected chi connectivity index (χ0v) is 10.2. The third kappa shape index (κ3) is 4.72. The summed E-state index contributed by atoms with van der Waals surface area (Å²) >= 11 is 0. The van der Waals surface area contributed by atoms with Gasteiger partial charge in [0.05, 0.1) is 0 Å². The second-order valence-electron chi connectivity index (χ2n) is 3.98. The number of hydrogen-bond donors (Lipinski definition) is 2. The van der Waals surface area contributed by atoms with Gasteiger partial charge < -0.3 is 10.4 Å². The number of nitrogens with one attached hydrogen (secondary N) is 1. The predicted molar refractivity (Wildman–Crippen MR) is 61.6 cm³/mol. The Balaban J connectivity index is 2.72. The number of hydrogen-bond acceptors (Lipinski definition) is 4. The van der Waals surface area contributed by atoms with Gasteiger partial charge in [0.2, 0.25) is 0 Å². The summed E-state index contributed by atoms with van der Waals surface area (Å²) in [6.45, 7) is 1.91. The molecule has 0 radical (unpaired) electrons. The van der Waals surface area contributed by atoms with E-state index in [1.165, 1.54) is 0 Å². The van der Waals surface area contributed by atoms with Gasteiger partial charge in [0.25, 0.3) is 0 Å². The first-order chi connectivity index (χ1) is 8.84. The lowest BCUT2D eigenvalue weighted by Gasteiger charge is -2.14. The van der Waals surface area contributed by atoms with Gasteiger partial charge in [0, 0.05) is 0 Å². The van der Waals surface area contributed by atoms with Crippen LogP contribution >= 0.6 is 0 Å². The van der Waals surface area contributed by atoms with Crippen LogP contribution in [0.2, 0.25) is 0 Å². The van der Waals surface area contributed by atoms with E-state index in [9.17, 15) is 18.0 Å². The summed E-state index contributed by atoms with van der Waals surface area (Å²) in [4.78, 5) is 10.9.